The first-order valence-corrected chi connectivity index (χ1v) is 11.8. The molecule has 1 fully saturated rings. The highest BCUT2D eigenvalue weighted by Gasteiger charge is 2.32. The van der Waals surface area contributed by atoms with Gasteiger partial charge in [-0.3, -0.25) is 9.69 Å². The van der Waals surface area contributed by atoms with Crippen LogP contribution in [0.5, 0.6) is 0 Å². The van der Waals surface area contributed by atoms with Crippen LogP contribution in [0.15, 0.2) is 64.5 Å². The zero-order valence-corrected chi connectivity index (χ0v) is 20.4. The van der Waals surface area contributed by atoms with Crippen molar-refractivity contribution >= 4 is 57.2 Å². The fourth-order valence-electron chi connectivity index (χ4n) is 3.58. The Hall–Kier alpha value is -2.39. The van der Waals surface area contributed by atoms with Gasteiger partial charge in [0.1, 0.15) is 5.82 Å². The second-order valence-electron chi connectivity index (χ2n) is 7.17. The molecule has 3 aromatic rings. The molecule has 2 aromatic carbocycles. The molecule has 1 aliphatic rings. The summed E-state index contributed by atoms with van der Waals surface area (Å²) in [6.07, 6.45) is 1.94. The first-order chi connectivity index (χ1) is 14.9. The molecule has 7 heteroatoms. The number of benzene rings is 2. The van der Waals surface area contributed by atoms with Crippen LogP contribution in [0.2, 0.25) is 0 Å². The van der Waals surface area contributed by atoms with Crippen molar-refractivity contribution in [3.05, 3.63) is 85.8 Å². The van der Waals surface area contributed by atoms with E-state index < -0.39 is 0 Å². The molecule has 31 heavy (non-hydrogen) atoms. The van der Waals surface area contributed by atoms with Crippen LogP contribution in [0.3, 0.4) is 0 Å². The van der Waals surface area contributed by atoms with Crippen LogP contribution in [0.1, 0.15) is 23.9 Å². The zero-order valence-electron chi connectivity index (χ0n) is 17.4. The number of hydrogen-bond acceptors (Lipinski definition) is 3. The van der Waals surface area contributed by atoms with Gasteiger partial charge >= 0.3 is 0 Å². The standard InChI is InChI=1S/C24H21FIN3OS/c1-4-28-23(30)22(31-24(28)27-20-10-8-18(25)9-11-20)13-17-12-15(2)29(16(17)3)21-7-5-6-19(26)14-21/h5-14H,4H2,1-3H3/b22-13+,27-24?. The molecule has 0 saturated carbocycles. The van der Waals surface area contributed by atoms with Gasteiger partial charge in [-0.05, 0) is 115 Å². The van der Waals surface area contributed by atoms with Gasteiger partial charge in [0.15, 0.2) is 5.17 Å². The van der Waals surface area contributed by atoms with Gasteiger partial charge in [0.25, 0.3) is 5.91 Å². The maximum absolute atomic E-state index is 13.2. The largest absolute Gasteiger partial charge is 0.318 e. The minimum Gasteiger partial charge on any atom is -0.318 e. The number of amidine groups is 1. The highest BCUT2D eigenvalue weighted by molar-refractivity contribution is 14.1. The van der Waals surface area contributed by atoms with Crippen LogP contribution in [-0.4, -0.2) is 27.1 Å². The third-order valence-corrected chi connectivity index (χ3v) is 6.76. The molecule has 4 rings (SSSR count). The number of hydrogen-bond donors (Lipinski definition) is 0. The van der Waals surface area contributed by atoms with Gasteiger partial charge in [-0.2, -0.15) is 0 Å². The van der Waals surface area contributed by atoms with E-state index in [1.807, 2.05) is 19.1 Å². The maximum atomic E-state index is 13.2. The van der Waals surface area contributed by atoms with Crippen LogP contribution >= 0.6 is 34.4 Å². The van der Waals surface area contributed by atoms with E-state index in [1.165, 1.54) is 27.5 Å². The van der Waals surface area contributed by atoms with Gasteiger partial charge in [-0.15, -0.1) is 0 Å². The van der Waals surface area contributed by atoms with Gasteiger partial charge in [-0.1, -0.05) is 6.07 Å². The Morgan fingerprint density at radius 1 is 1.13 bits per heavy atom. The molecular weight excluding hydrogens is 524 g/mol. The number of aromatic nitrogens is 1. The van der Waals surface area contributed by atoms with E-state index in [2.05, 4.69) is 70.3 Å². The highest BCUT2D eigenvalue weighted by atomic mass is 127. The number of carbonyl (C=O) groups is 1. The number of aliphatic imine (C=N–C) groups is 1. The summed E-state index contributed by atoms with van der Waals surface area (Å²) < 4.78 is 16.6. The summed E-state index contributed by atoms with van der Waals surface area (Å²) in [6, 6.07) is 16.4. The van der Waals surface area contributed by atoms with Crippen molar-refractivity contribution in [3.8, 4) is 5.69 Å². The van der Waals surface area contributed by atoms with E-state index in [-0.39, 0.29) is 11.7 Å². The molecule has 158 valence electrons. The molecule has 0 N–H and O–H groups in total. The average Bonchev–Trinajstić information content (AvgIpc) is 3.18. The lowest BCUT2D eigenvalue weighted by Crippen LogP contribution is -2.28. The van der Waals surface area contributed by atoms with E-state index in [9.17, 15) is 9.18 Å². The number of likely N-dealkylation sites (N-methyl/N-ethyl adjacent to an activating group) is 1. The van der Waals surface area contributed by atoms with Crippen molar-refractivity contribution in [1.29, 1.82) is 0 Å². The van der Waals surface area contributed by atoms with E-state index in [0.29, 0.717) is 22.3 Å². The number of nitrogens with zero attached hydrogens (tertiary/aromatic N) is 3. The Kier molecular flexibility index (Phi) is 6.34. The van der Waals surface area contributed by atoms with Crippen molar-refractivity contribution < 1.29 is 9.18 Å². The fourth-order valence-corrected chi connectivity index (χ4v) is 5.16. The topological polar surface area (TPSA) is 37.6 Å². The molecule has 0 unspecified atom stereocenters. The van der Waals surface area contributed by atoms with E-state index >= 15 is 0 Å². The van der Waals surface area contributed by atoms with Crippen molar-refractivity contribution in [1.82, 2.24) is 9.47 Å². The molecule has 0 atom stereocenters. The lowest BCUT2D eigenvalue weighted by atomic mass is 10.2. The molecule has 0 spiro atoms. The van der Waals surface area contributed by atoms with Gasteiger partial charge in [-0.25, -0.2) is 9.38 Å². The monoisotopic (exact) mass is 545 g/mol. The van der Waals surface area contributed by atoms with Crippen LogP contribution in [0.25, 0.3) is 11.8 Å². The maximum Gasteiger partial charge on any atom is 0.266 e. The smallest absolute Gasteiger partial charge is 0.266 e. The summed E-state index contributed by atoms with van der Waals surface area (Å²) in [5, 5.41) is 0.608. The average molecular weight is 545 g/mol. The summed E-state index contributed by atoms with van der Waals surface area (Å²) in [7, 11) is 0. The molecule has 0 radical (unpaired) electrons. The second kappa shape index (κ2) is 9.00. The van der Waals surface area contributed by atoms with Gasteiger partial charge < -0.3 is 4.57 Å². The molecule has 1 aliphatic heterocycles. The Bertz CT molecular complexity index is 1210. The normalized spacial score (nSPS) is 16.7. The lowest BCUT2D eigenvalue weighted by molar-refractivity contribution is -0.122. The van der Waals surface area contributed by atoms with Crippen molar-refractivity contribution in [3.63, 3.8) is 0 Å². The number of halogens is 2. The first kappa shape index (κ1) is 21.8. The molecule has 1 aromatic heterocycles. The third kappa shape index (κ3) is 4.48. The summed E-state index contributed by atoms with van der Waals surface area (Å²) in [6.45, 7) is 6.57. The number of amides is 1. The minimum absolute atomic E-state index is 0.0626. The van der Waals surface area contributed by atoms with E-state index in [0.717, 1.165) is 22.6 Å². The first-order valence-electron chi connectivity index (χ1n) is 9.88. The molecular formula is C24H21FIN3OS. The Labute approximate surface area is 199 Å². The molecule has 1 amide bonds. The Morgan fingerprint density at radius 2 is 1.87 bits per heavy atom. The van der Waals surface area contributed by atoms with E-state index in [1.54, 1.807) is 17.0 Å². The number of carbonyl (C=O) groups excluding carboxylic acids is 1. The number of rotatable bonds is 4. The summed E-state index contributed by atoms with van der Waals surface area (Å²) in [5.41, 5.74) is 4.91. The predicted octanol–water partition coefficient (Wildman–Crippen LogP) is 6.46. The van der Waals surface area contributed by atoms with Gasteiger partial charge in [0.2, 0.25) is 0 Å². The number of aryl methyl sites for hydroxylation is 1. The molecule has 0 aliphatic carbocycles. The van der Waals surface area contributed by atoms with Crippen molar-refractivity contribution in [2.24, 2.45) is 4.99 Å². The van der Waals surface area contributed by atoms with Crippen LogP contribution in [0.4, 0.5) is 10.1 Å². The zero-order chi connectivity index (χ0) is 22.1. The molecule has 4 nitrogen and oxygen atoms in total. The Balaban J connectivity index is 1.70. The fraction of sp³-hybridized carbons (Fsp3) is 0.167. The Morgan fingerprint density at radius 3 is 2.55 bits per heavy atom. The second-order valence-corrected chi connectivity index (χ2v) is 9.43. The third-order valence-electron chi connectivity index (χ3n) is 5.08. The van der Waals surface area contributed by atoms with Crippen LogP contribution < -0.4 is 0 Å². The van der Waals surface area contributed by atoms with Crippen molar-refractivity contribution in [2.45, 2.75) is 20.8 Å². The van der Waals surface area contributed by atoms with E-state index in [4.69, 9.17) is 0 Å². The predicted molar refractivity (Wildman–Crippen MR) is 134 cm³/mol. The van der Waals surface area contributed by atoms with Gasteiger partial charge in [0.05, 0.1) is 10.6 Å². The summed E-state index contributed by atoms with van der Waals surface area (Å²) >= 11 is 3.66. The summed E-state index contributed by atoms with van der Waals surface area (Å²) in [5.74, 6) is -0.372. The highest BCUT2D eigenvalue weighted by Crippen LogP contribution is 2.35. The SMILES string of the molecule is CCN1C(=O)/C(=C\c2cc(C)n(-c3cccc(I)c3)c2C)SC1=Nc1ccc(F)cc1. The molecule has 2 heterocycles. The van der Waals surface area contributed by atoms with Gasteiger partial charge in [0, 0.05) is 27.2 Å². The summed E-state index contributed by atoms with van der Waals surface area (Å²) in [4.78, 5) is 19.9. The van der Waals surface area contributed by atoms with Crippen LogP contribution in [0, 0.1) is 23.2 Å². The number of thioether (sulfide) groups is 1. The lowest BCUT2D eigenvalue weighted by Gasteiger charge is -2.12. The van der Waals surface area contributed by atoms with Crippen molar-refractivity contribution in [2.75, 3.05) is 6.54 Å². The quantitative estimate of drug-likeness (QED) is 0.279. The minimum atomic E-state index is -0.310. The molecule has 1 saturated heterocycles. The van der Waals surface area contributed by atoms with Crippen LogP contribution in [-0.2, 0) is 4.79 Å². The molecule has 0 bridgehead atoms.